The molecule has 2 amide bonds. The average molecular weight is 361 g/mol. The molecule has 0 saturated heterocycles. The highest BCUT2D eigenvalue weighted by Gasteiger charge is 2.11. The number of amides is 2. The van der Waals surface area contributed by atoms with Crippen molar-refractivity contribution in [2.45, 2.75) is 32.7 Å². The monoisotopic (exact) mass is 361 g/mol. The molecule has 1 aromatic carbocycles. The molecule has 0 aliphatic rings. The van der Waals surface area contributed by atoms with Gasteiger partial charge in [-0.3, -0.25) is 20.4 Å². The molecule has 7 heteroatoms. The van der Waals surface area contributed by atoms with Crippen LogP contribution in [0.2, 0.25) is 0 Å². The van der Waals surface area contributed by atoms with E-state index in [4.69, 9.17) is 4.74 Å². The first kappa shape index (κ1) is 19.1. The number of nitrogens with zero attached hydrogens (tertiary/aromatic N) is 1. The second kappa shape index (κ2) is 8.71. The fraction of sp³-hybridized carbons (Fsp3) is 0.389. The number of ether oxygens (including phenoxy) is 1. The van der Waals surface area contributed by atoms with Crippen molar-refractivity contribution in [3.05, 3.63) is 29.8 Å². The minimum absolute atomic E-state index is 0.175. The van der Waals surface area contributed by atoms with E-state index >= 15 is 0 Å². The van der Waals surface area contributed by atoms with Crippen molar-refractivity contribution in [1.82, 2.24) is 15.8 Å². The van der Waals surface area contributed by atoms with Gasteiger partial charge in [-0.05, 0) is 43.7 Å². The van der Waals surface area contributed by atoms with Gasteiger partial charge < -0.3 is 4.74 Å². The number of nitrogens with one attached hydrogen (secondary N) is 2. The Balaban J connectivity index is 2.01. The van der Waals surface area contributed by atoms with E-state index < -0.39 is 0 Å². The maximum absolute atomic E-state index is 11.8. The summed E-state index contributed by atoms with van der Waals surface area (Å²) in [6, 6.07) is 7.79. The lowest BCUT2D eigenvalue weighted by Crippen LogP contribution is -2.44. The van der Waals surface area contributed by atoms with Gasteiger partial charge in [-0.1, -0.05) is 25.6 Å². The van der Waals surface area contributed by atoms with Crippen molar-refractivity contribution in [2.75, 3.05) is 12.4 Å². The lowest BCUT2D eigenvalue weighted by Gasteiger charge is -2.10. The minimum Gasteiger partial charge on any atom is -0.494 e. The second-order valence-corrected chi connectivity index (χ2v) is 6.84. The van der Waals surface area contributed by atoms with Gasteiger partial charge in [-0.25, -0.2) is 4.98 Å². The molecule has 0 aliphatic heterocycles. The third-order valence-electron chi connectivity index (χ3n) is 3.43. The average Bonchev–Trinajstić information content (AvgIpc) is 2.57. The number of rotatable bonds is 6. The predicted octanol–water partition coefficient (Wildman–Crippen LogP) is 2.84. The molecule has 2 rings (SSSR count). The van der Waals surface area contributed by atoms with Crippen LogP contribution in [0.25, 0.3) is 10.9 Å². The van der Waals surface area contributed by atoms with Crippen LogP contribution in [-0.2, 0) is 9.59 Å². The van der Waals surface area contributed by atoms with Gasteiger partial charge in [0.05, 0.1) is 17.9 Å². The predicted molar refractivity (Wildman–Crippen MR) is 99.5 cm³/mol. The number of carbonyl (C=O) groups excluding carboxylic acids is 2. The second-order valence-electron chi connectivity index (χ2n) is 5.88. The molecule has 0 atom stereocenters. The van der Waals surface area contributed by atoms with E-state index in [9.17, 15) is 9.59 Å². The van der Waals surface area contributed by atoms with Gasteiger partial charge in [0.1, 0.15) is 10.8 Å². The highest BCUT2D eigenvalue weighted by molar-refractivity contribution is 7.99. The summed E-state index contributed by atoms with van der Waals surface area (Å²) in [4.78, 5) is 27.9. The number of hydrazine groups is 1. The van der Waals surface area contributed by atoms with Crippen LogP contribution in [-0.4, -0.2) is 29.2 Å². The Bertz CT molecular complexity index is 777. The van der Waals surface area contributed by atoms with Crippen molar-refractivity contribution >= 4 is 34.5 Å². The van der Waals surface area contributed by atoms with E-state index in [1.54, 1.807) is 13.8 Å². The van der Waals surface area contributed by atoms with E-state index in [1.807, 2.05) is 38.1 Å². The van der Waals surface area contributed by atoms with E-state index in [0.717, 1.165) is 27.2 Å². The fourth-order valence-electron chi connectivity index (χ4n) is 2.09. The molecule has 6 nitrogen and oxygen atoms in total. The van der Waals surface area contributed by atoms with Crippen molar-refractivity contribution in [2.24, 2.45) is 5.92 Å². The quantitative estimate of drug-likeness (QED) is 0.611. The molecule has 25 heavy (non-hydrogen) atoms. The molecule has 0 saturated carbocycles. The van der Waals surface area contributed by atoms with Crippen LogP contribution < -0.4 is 15.6 Å². The number of thioether (sulfide) groups is 1. The largest absolute Gasteiger partial charge is 0.494 e. The summed E-state index contributed by atoms with van der Waals surface area (Å²) in [5, 5.41) is 1.79. The topological polar surface area (TPSA) is 80.3 Å². The normalized spacial score (nSPS) is 10.8. The third-order valence-corrected chi connectivity index (χ3v) is 4.52. The summed E-state index contributed by atoms with van der Waals surface area (Å²) in [5.41, 5.74) is 6.65. The van der Waals surface area contributed by atoms with Gasteiger partial charge in [0.2, 0.25) is 11.8 Å². The van der Waals surface area contributed by atoms with E-state index in [2.05, 4.69) is 15.8 Å². The zero-order valence-corrected chi connectivity index (χ0v) is 15.7. The van der Waals surface area contributed by atoms with Crippen molar-refractivity contribution in [3.8, 4) is 5.75 Å². The number of aryl methyl sites for hydroxylation is 1. The summed E-state index contributed by atoms with van der Waals surface area (Å²) in [6.07, 6.45) is 0. The maximum atomic E-state index is 11.8. The smallest absolute Gasteiger partial charge is 0.248 e. The van der Waals surface area contributed by atoms with E-state index in [-0.39, 0.29) is 23.5 Å². The molecule has 0 bridgehead atoms. The Labute approximate surface area is 151 Å². The van der Waals surface area contributed by atoms with Crippen LogP contribution in [0.1, 0.15) is 26.3 Å². The molecule has 0 spiro atoms. The van der Waals surface area contributed by atoms with Gasteiger partial charge in [-0.2, -0.15) is 0 Å². The SMILES string of the molecule is CCOc1ccc2nc(SCC(=O)NNC(=O)C(C)C)c(C)cc2c1. The Hall–Kier alpha value is -2.28. The van der Waals surface area contributed by atoms with Crippen LogP contribution in [0, 0.1) is 12.8 Å². The maximum Gasteiger partial charge on any atom is 0.248 e. The van der Waals surface area contributed by atoms with Crippen molar-refractivity contribution in [3.63, 3.8) is 0 Å². The number of carbonyl (C=O) groups is 2. The van der Waals surface area contributed by atoms with Crippen LogP contribution >= 0.6 is 11.8 Å². The molecular weight excluding hydrogens is 338 g/mol. The Morgan fingerprint density at radius 2 is 2.00 bits per heavy atom. The summed E-state index contributed by atoms with van der Waals surface area (Å²) < 4.78 is 5.51. The van der Waals surface area contributed by atoms with Crippen LogP contribution in [0.3, 0.4) is 0 Å². The first-order valence-corrected chi connectivity index (χ1v) is 9.15. The number of hydrogen-bond acceptors (Lipinski definition) is 5. The van der Waals surface area contributed by atoms with E-state index in [0.29, 0.717) is 6.61 Å². The Morgan fingerprint density at radius 3 is 2.68 bits per heavy atom. The molecule has 0 fully saturated rings. The highest BCUT2D eigenvalue weighted by Crippen LogP contribution is 2.26. The minimum atomic E-state index is -0.271. The number of fused-ring (bicyclic) bond motifs is 1. The zero-order valence-electron chi connectivity index (χ0n) is 14.9. The summed E-state index contributed by atoms with van der Waals surface area (Å²) in [5.74, 6) is 0.320. The molecule has 2 aromatic rings. The Morgan fingerprint density at radius 1 is 1.24 bits per heavy atom. The molecule has 0 radical (unpaired) electrons. The number of hydrogen-bond donors (Lipinski definition) is 2. The Kier molecular flexibility index (Phi) is 6.64. The molecule has 1 aromatic heterocycles. The first-order valence-electron chi connectivity index (χ1n) is 8.16. The first-order chi connectivity index (χ1) is 11.9. The summed E-state index contributed by atoms with van der Waals surface area (Å²) >= 11 is 1.34. The zero-order chi connectivity index (χ0) is 18.4. The molecule has 134 valence electrons. The van der Waals surface area contributed by atoms with Crippen LogP contribution in [0.4, 0.5) is 0 Å². The molecule has 0 unspecified atom stereocenters. The van der Waals surface area contributed by atoms with Crippen LogP contribution in [0.5, 0.6) is 5.75 Å². The standard InChI is InChI=1S/C18H23N3O3S/c1-5-24-14-6-7-15-13(9-14)8-12(4)18(19-15)25-10-16(22)20-21-17(23)11(2)3/h6-9,11H,5,10H2,1-4H3,(H,20,22)(H,21,23). The lowest BCUT2D eigenvalue weighted by atomic mass is 10.1. The highest BCUT2D eigenvalue weighted by atomic mass is 32.2. The van der Waals surface area contributed by atoms with Crippen LogP contribution in [0.15, 0.2) is 29.3 Å². The number of pyridine rings is 1. The lowest BCUT2D eigenvalue weighted by molar-refractivity contribution is -0.129. The number of benzene rings is 1. The third kappa shape index (κ3) is 5.35. The summed E-state index contributed by atoms with van der Waals surface area (Å²) in [7, 11) is 0. The van der Waals surface area contributed by atoms with Gasteiger partial charge in [-0.15, -0.1) is 0 Å². The fourth-order valence-corrected chi connectivity index (χ4v) is 2.88. The molecular formula is C18H23N3O3S. The van der Waals surface area contributed by atoms with E-state index in [1.165, 1.54) is 11.8 Å². The van der Waals surface area contributed by atoms with Gasteiger partial charge in [0.15, 0.2) is 0 Å². The molecule has 0 aliphatic carbocycles. The van der Waals surface area contributed by atoms with Crippen molar-refractivity contribution < 1.29 is 14.3 Å². The van der Waals surface area contributed by atoms with Crippen molar-refractivity contribution in [1.29, 1.82) is 0 Å². The molecule has 2 N–H and O–H groups in total. The van der Waals surface area contributed by atoms with Gasteiger partial charge >= 0.3 is 0 Å². The summed E-state index contributed by atoms with van der Waals surface area (Å²) in [6.45, 7) is 8.04. The molecule has 1 heterocycles. The van der Waals surface area contributed by atoms with Gasteiger partial charge in [0, 0.05) is 11.3 Å². The number of aromatic nitrogens is 1. The van der Waals surface area contributed by atoms with Gasteiger partial charge in [0.25, 0.3) is 0 Å².